The van der Waals surface area contributed by atoms with Crippen LogP contribution >= 0.6 is 11.3 Å². The molecule has 2 N–H and O–H groups in total. The summed E-state index contributed by atoms with van der Waals surface area (Å²) in [6.07, 6.45) is 4.38. The van der Waals surface area contributed by atoms with E-state index in [9.17, 15) is 19.2 Å². The molecule has 16 heteroatoms. The number of aryl methyl sites for hydroxylation is 1. The number of aromatic nitrogens is 3. The number of methoxy groups -OCH3 is 1. The Morgan fingerprint density at radius 1 is 1.12 bits per heavy atom. The molecule has 3 saturated heterocycles. The van der Waals surface area contributed by atoms with E-state index >= 15 is 0 Å². The SMILES string of the molecule is CCn1c(-c2cccnc2[C@H](C)OC)c2c3cc(ccc31)-c1csc(n1)C[C@H](NC(=O)C(C(C)C)N(C)C(=O)N1C[C@H]3CCN(C)[C@H]3C1)C(=O)N1CCC[C@H](N1)C(=O)OCC(C)(C)C2. The van der Waals surface area contributed by atoms with Crippen LogP contribution in [0.15, 0.2) is 41.9 Å². The summed E-state index contributed by atoms with van der Waals surface area (Å²) in [6, 6.07) is 8.00. The molecule has 4 aliphatic heterocycles. The maximum atomic E-state index is 14.6. The van der Waals surface area contributed by atoms with Crippen LogP contribution in [0.1, 0.15) is 83.2 Å². The number of likely N-dealkylation sites (tertiary alicyclic amines) is 2. The molecule has 3 aromatic heterocycles. The van der Waals surface area contributed by atoms with Crippen LogP contribution in [-0.2, 0) is 43.2 Å². The van der Waals surface area contributed by atoms with Crippen molar-refractivity contribution in [3.05, 3.63) is 58.2 Å². The van der Waals surface area contributed by atoms with Crippen LogP contribution in [0, 0.1) is 17.3 Å². The second kappa shape index (κ2) is 18.5. The minimum absolute atomic E-state index is 0.117. The summed E-state index contributed by atoms with van der Waals surface area (Å²) in [7, 11) is 5.48. The molecule has 0 radical (unpaired) electrons. The van der Waals surface area contributed by atoms with Crippen LogP contribution in [0.5, 0.6) is 0 Å². The van der Waals surface area contributed by atoms with Gasteiger partial charge in [-0.05, 0) is 94.8 Å². The van der Waals surface area contributed by atoms with Crippen LogP contribution in [0.2, 0.25) is 0 Å². The van der Waals surface area contributed by atoms with Gasteiger partial charge < -0.3 is 34.1 Å². The first-order valence-corrected chi connectivity index (χ1v) is 23.8. The Bertz CT molecular complexity index is 2390. The number of rotatable bonds is 8. The number of urea groups is 1. The average molecular weight is 896 g/mol. The standard InChI is InChI=1S/C48H65N9O6S/c1-10-56-38-16-15-30-21-33(38)34(43(56)32-13-11-18-49-41(32)29(4)62-9)23-48(5,6)27-63-46(60)35-14-12-19-57(52-35)45(59)36(22-40-50-37(30)26-64-40)51-44(58)42(28(2)3)54(8)47(61)55-24-31-17-20-53(7)39(31)25-55/h11,13,15-16,18,21,26,28-29,31,35-36,39,42,52H,10,12,14,17,19-20,22-25,27H2,1-9H3,(H,51,58)/t29-,31+,35-,36-,39-,42?/m0/s1. The topological polar surface area (TPSA) is 154 Å². The maximum Gasteiger partial charge on any atom is 0.324 e. The first kappa shape index (κ1) is 45.7. The number of hydrazine groups is 1. The van der Waals surface area contributed by atoms with E-state index in [-0.39, 0.29) is 37.0 Å². The van der Waals surface area contributed by atoms with E-state index in [1.165, 1.54) is 21.2 Å². The van der Waals surface area contributed by atoms with E-state index in [0.29, 0.717) is 62.4 Å². The molecule has 4 aromatic rings. The number of likely N-dealkylation sites (N-methyl/N-ethyl adjacent to an activating group) is 2. The van der Waals surface area contributed by atoms with E-state index < -0.39 is 35.4 Å². The molecule has 6 atom stereocenters. The maximum absolute atomic E-state index is 14.6. The second-order valence-electron chi connectivity index (χ2n) is 19.4. The summed E-state index contributed by atoms with van der Waals surface area (Å²) >= 11 is 1.44. The summed E-state index contributed by atoms with van der Waals surface area (Å²) < 4.78 is 14.3. The highest BCUT2D eigenvalue weighted by molar-refractivity contribution is 7.10. The second-order valence-corrected chi connectivity index (χ2v) is 20.3. The smallest absolute Gasteiger partial charge is 0.324 e. The summed E-state index contributed by atoms with van der Waals surface area (Å²) in [5.74, 6) is -1.05. The van der Waals surface area contributed by atoms with Crippen molar-refractivity contribution in [2.24, 2.45) is 17.3 Å². The highest BCUT2D eigenvalue weighted by Gasteiger charge is 2.44. The van der Waals surface area contributed by atoms with Gasteiger partial charge in [0.1, 0.15) is 18.1 Å². The monoisotopic (exact) mass is 895 g/mol. The van der Waals surface area contributed by atoms with Gasteiger partial charge >= 0.3 is 12.0 Å². The minimum atomic E-state index is -1.03. The zero-order chi connectivity index (χ0) is 45.6. The molecule has 0 spiro atoms. The van der Waals surface area contributed by atoms with E-state index in [0.717, 1.165) is 57.6 Å². The van der Waals surface area contributed by atoms with Gasteiger partial charge in [-0.1, -0.05) is 33.8 Å². The van der Waals surface area contributed by atoms with Crippen molar-refractivity contribution in [2.75, 3.05) is 54.0 Å². The molecule has 7 heterocycles. The minimum Gasteiger partial charge on any atom is -0.464 e. The van der Waals surface area contributed by atoms with E-state index in [4.69, 9.17) is 19.4 Å². The molecule has 4 amide bonds. The molecule has 64 heavy (non-hydrogen) atoms. The lowest BCUT2D eigenvalue weighted by Gasteiger charge is -2.37. The van der Waals surface area contributed by atoms with Crippen LogP contribution in [0.4, 0.5) is 4.79 Å². The fraction of sp³-hybridized carbons (Fsp3) is 0.583. The average Bonchev–Trinajstić information content (AvgIpc) is 4.08. The van der Waals surface area contributed by atoms with Crippen molar-refractivity contribution < 1.29 is 28.7 Å². The van der Waals surface area contributed by atoms with Gasteiger partial charge in [-0.15, -0.1) is 11.3 Å². The molecule has 3 fully saturated rings. The number of nitrogens with zero attached hydrogens (tertiary/aromatic N) is 7. The first-order valence-electron chi connectivity index (χ1n) is 22.9. The first-order chi connectivity index (χ1) is 30.6. The largest absolute Gasteiger partial charge is 0.464 e. The number of thiazole rings is 1. The molecular formula is C48H65N9O6S. The number of carbonyl (C=O) groups excluding carboxylic acids is 4. The molecule has 15 nitrogen and oxygen atoms in total. The number of benzene rings is 1. The lowest BCUT2D eigenvalue weighted by Crippen LogP contribution is -2.62. The Labute approximate surface area is 380 Å². The zero-order valence-electron chi connectivity index (χ0n) is 38.8. The third-order valence-electron chi connectivity index (χ3n) is 13.9. The predicted molar refractivity (Wildman–Crippen MR) is 247 cm³/mol. The highest BCUT2D eigenvalue weighted by Crippen LogP contribution is 2.42. The summed E-state index contributed by atoms with van der Waals surface area (Å²) in [4.78, 5) is 72.6. The fourth-order valence-electron chi connectivity index (χ4n) is 10.4. The number of pyridine rings is 1. The Morgan fingerprint density at radius 3 is 2.66 bits per heavy atom. The van der Waals surface area contributed by atoms with Crippen LogP contribution in [-0.4, -0.2) is 136 Å². The molecule has 0 aliphatic carbocycles. The van der Waals surface area contributed by atoms with Crippen molar-refractivity contribution >= 4 is 46.1 Å². The number of nitrogens with one attached hydrogen (secondary N) is 2. The van der Waals surface area contributed by atoms with Crippen LogP contribution < -0.4 is 10.7 Å². The fourth-order valence-corrected chi connectivity index (χ4v) is 11.3. The van der Waals surface area contributed by atoms with Gasteiger partial charge in [0.25, 0.3) is 5.91 Å². The third kappa shape index (κ3) is 8.90. The van der Waals surface area contributed by atoms with E-state index in [1.54, 1.807) is 20.4 Å². The number of hydrogen-bond acceptors (Lipinski definition) is 11. The lowest BCUT2D eigenvalue weighted by molar-refractivity contribution is -0.155. The number of cyclic esters (lactones) is 1. The van der Waals surface area contributed by atoms with E-state index in [1.807, 2.05) is 37.1 Å². The van der Waals surface area contributed by atoms with Gasteiger partial charge in [-0.25, -0.2) is 15.2 Å². The summed E-state index contributed by atoms with van der Waals surface area (Å²) in [5, 5.41) is 8.27. The van der Waals surface area contributed by atoms with Gasteiger partial charge in [0.2, 0.25) is 5.91 Å². The van der Waals surface area contributed by atoms with Gasteiger partial charge in [-0.3, -0.25) is 24.4 Å². The zero-order valence-corrected chi connectivity index (χ0v) is 39.7. The van der Waals surface area contributed by atoms with Crippen molar-refractivity contribution in [1.29, 1.82) is 0 Å². The Balaban J connectivity index is 1.16. The van der Waals surface area contributed by atoms with Crippen molar-refractivity contribution in [1.82, 2.24) is 45.0 Å². The van der Waals surface area contributed by atoms with E-state index in [2.05, 4.69) is 72.3 Å². The van der Waals surface area contributed by atoms with Gasteiger partial charge in [-0.2, -0.15) is 0 Å². The molecular weight excluding hydrogens is 831 g/mol. The van der Waals surface area contributed by atoms with Crippen molar-refractivity contribution in [3.8, 4) is 22.5 Å². The molecule has 0 saturated carbocycles. The molecule has 8 rings (SSSR count). The Hall–Kier alpha value is -4.90. The number of ether oxygens (including phenoxy) is 2. The van der Waals surface area contributed by atoms with Gasteiger partial charge in [0.15, 0.2) is 0 Å². The Morgan fingerprint density at radius 2 is 1.92 bits per heavy atom. The van der Waals surface area contributed by atoms with Gasteiger partial charge in [0, 0.05) is 91.8 Å². The van der Waals surface area contributed by atoms with Crippen LogP contribution in [0.3, 0.4) is 0 Å². The predicted octanol–water partition coefficient (Wildman–Crippen LogP) is 5.91. The molecule has 344 valence electrons. The normalized spacial score (nSPS) is 23.8. The van der Waals surface area contributed by atoms with Gasteiger partial charge in [0.05, 0.1) is 34.8 Å². The molecule has 4 aliphatic rings. The van der Waals surface area contributed by atoms with Crippen molar-refractivity contribution in [3.63, 3.8) is 0 Å². The number of amides is 4. The highest BCUT2D eigenvalue weighted by atomic mass is 32.1. The number of hydrogen-bond donors (Lipinski definition) is 2. The molecule has 6 bridgehead atoms. The molecule has 1 aromatic carbocycles. The summed E-state index contributed by atoms with van der Waals surface area (Å²) in [5.41, 5.74) is 9.43. The third-order valence-corrected chi connectivity index (χ3v) is 14.7. The van der Waals surface area contributed by atoms with Crippen molar-refractivity contribution in [2.45, 2.75) is 110 Å². The lowest BCUT2D eigenvalue weighted by atomic mass is 9.84. The summed E-state index contributed by atoms with van der Waals surface area (Å²) in [6.45, 7) is 15.7. The number of carbonyl (C=O) groups is 4. The number of esters is 1. The van der Waals surface area contributed by atoms with Crippen LogP contribution in [0.25, 0.3) is 33.4 Å². The number of fused-ring (bicyclic) bond motifs is 7. The molecule has 1 unspecified atom stereocenters. The quantitative estimate of drug-likeness (QED) is 0.204. The Kier molecular flexibility index (Phi) is 13.2.